The molecule has 4 heteroatoms. The molecule has 1 saturated heterocycles. The molecular formula is C11H19IO3. The van der Waals surface area contributed by atoms with Gasteiger partial charge in [0, 0.05) is 0 Å². The Bertz CT molecular complexity index is 183. The summed E-state index contributed by atoms with van der Waals surface area (Å²) in [7, 11) is 0. The van der Waals surface area contributed by atoms with Gasteiger partial charge in [-0.2, -0.15) is 0 Å². The van der Waals surface area contributed by atoms with Crippen molar-refractivity contribution >= 4 is 22.6 Å². The zero-order valence-corrected chi connectivity index (χ0v) is 11.1. The quantitative estimate of drug-likeness (QED) is 0.440. The molecule has 88 valence electrons. The van der Waals surface area contributed by atoms with E-state index in [-0.39, 0.29) is 6.10 Å². The van der Waals surface area contributed by atoms with Crippen LogP contribution >= 0.6 is 22.6 Å². The van der Waals surface area contributed by atoms with Gasteiger partial charge in [-0.25, -0.2) is 0 Å². The molecule has 0 N–H and O–H groups in total. The third-order valence-electron chi connectivity index (χ3n) is 3.03. The SMILES string of the molecule is IC1COCC1OCCOC1CCCC1. The lowest BCUT2D eigenvalue weighted by Crippen LogP contribution is -2.24. The second-order valence-corrected chi connectivity index (χ2v) is 5.84. The lowest BCUT2D eigenvalue weighted by Gasteiger charge is -2.15. The van der Waals surface area contributed by atoms with E-state index in [1.165, 1.54) is 25.7 Å². The van der Waals surface area contributed by atoms with Crippen molar-refractivity contribution in [1.29, 1.82) is 0 Å². The highest BCUT2D eigenvalue weighted by atomic mass is 127. The van der Waals surface area contributed by atoms with Crippen molar-refractivity contribution in [2.45, 2.75) is 41.8 Å². The number of alkyl halides is 1. The largest absolute Gasteiger partial charge is 0.378 e. The molecule has 3 nitrogen and oxygen atoms in total. The van der Waals surface area contributed by atoms with Gasteiger partial charge in [0.05, 0.1) is 42.6 Å². The van der Waals surface area contributed by atoms with Gasteiger partial charge in [-0.1, -0.05) is 35.4 Å². The summed E-state index contributed by atoms with van der Waals surface area (Å²) < 4.78 is 17.3. The zero-order chi connectivity index (χ0) is 10.5. The summed E-state index contributed by atoms with van der Waals surface area (Å²) in [6.45, 7) is 3.03. The van der Waals surface area contributed by atoms with Gasteiger partial charge in [-0.3, -0.25) is 0 Å². The minimum Gasteiger partial charge on any atom is -0.378 e. The molecule has 1 saturated carbocycles. The number of ether oxygens (including phenoxy) is 3. The summed E-state index contributed by atoms with van der Waals surface area (Å²) in [4.78, 5) is 0. The standard InChI is InChI=1S/C11H19IO3/c12-10-7-13-8-11(10)15-6-5-14-9-3-1-2-4-9/h9-11H,1-8H2. The van der Waals surface area contributed by atoms with Crippen molar-refractivity contribution in [2.24, 2.45) is 0 Å². The van der Waals surface area contributed by atoms with Crippen LogP contribution in [0.4, 0.5) is 0 Å². The van der Waals surface area contributed by atoms with E-state index in [9.17, 15) is 0 Å². The van der Waals surface area contributed by atoms with Gasteiger partial charge in [-0.15, -0.1) is 0 Å². The smallest absolute Gasteiger partial charge is 0.0949 e. The van der Waals surface area contributed by atoms with E-state index in [2.05, 4.69) is 22.6 Å². The fourth-order valence-corrected chi connectivity index (χ4v) is 2.80. The molecule has 0 bridgehead atoms. The Morgan fingerprint density at radius 2 is 1.80 bits per heavy atom. The molecule has 2 atom stereocenters. The van der Waals surface area contributed by atoms with E-state index in [1.807, 2.05) is 0 Å². The van der Waals surface area contributed by atoms with Crippen molar-refractivity contribution in [3.05, 3.63) is 0 Å². The molecule has 1 heterocycles. The van der Waals surface area contributed by atoms with Crippen LogP contribution in [-0.2, 0) is 14.2 Å². The van der Waals surface area contributed by atoms with Gasteiger partial charge < -0.3 is 14.2 Å². The molecule has 1 aliphatic carbocycles. The molecule has 2 fully saturated rings. The summed E-state index contributed by atoms with van der Waals surface area (Å²) in [5, 5.41) is 0. The van der Waals surface area contributed by atoms with E-state index in [4.69, 9.17) is 14.2 Å². The van der Waals surface area contributed by atoms with Crippen LogP contribution in [0.25, 0.3) is 0 Å². The average molecular weight is 326 g/mol. The first-order chi connectivity index (χ1) is 7.36. The topological polar surface area (TPSA) is 27.7 Å². The fourth-order valence-electron chi connectivity index (χ4n) is 2.13. The minimum atomic E-state index is 0.276. The second kappa shape index (κ2) is 6.37. The molecule has 0 spiro atoms. The van der Waals surface area contributed by atoms with Gasteiger partial charge in [0.2, 0.25) is 0 Å². The monoisotopic (exact) mass is 326 g/mol. The average Bonchev–Trinajstić information content (AvgIpc) is 2.85. The van der Waals surface area contributed by atoms with E-state index in [0.717, 1.165) is 19.8 Å². The molecule has 2 aliphatic rings. The minimum absolute atomic E-state index is 0.276. The summed E-state index contributed by atoms with van der Waals surface area (Å²) in [5.41, 5.74) is 0. The molecule has 2 rings (SSSR count). The van der Waals surface area contributed by atoms with Crippen LogP contribution in [0, 0.1) is 0 Å². The maximum atomic E-state index is 5.73. The molecule has 1 aliphatic heterocycles. The Kier molecular flexibility index (Phi) is 5.13. The van der Waals surface area contributed by atoms with Gasteiger partial charge >= 0.3 is 0 Å². The summed E-state index contributed by atoms with van der Waals surface area (Å²) in [6.07, 6.45) is 5.92. The van der Waals surface area contributed by atoms with E-state index in [0.29, 0.717) is 16.6 Å². The lowest BCUT2D eigenvalue weighted by molar-refractivity contribution is -0.0199. The predicted molar refractivity (Wildman–Crippen MR) is 66.6 cm³/mol. The number of hydrogen-bond acceptors (Lipinski definition) is 3. The van der Waals surface area contributed by atoms with Crippen LogP contribution in [0.2, 0.25) is 0 Å². The van der Waals surface area contributed by atoms with Crippen LogP contribution in [0.5, 0.6) is 0 Å². The van der Waals surface area contributed by atoms with Crippen molar-refractivity contribution in [3.63, 3.8) is 0 Å². The Morgan fingerprint density at radius 3 is 2.47 bits per heavy atom. The molecule has 0 amide bonds. The third-order valence-corrected chi connectivity index (χ3v) is 4.20. The Hall–Kier alpha value is 0.610. The van der Waals surface area contributed by atoms with E-state index in [1.54, 1.807) is 0 Å². The summed E-state index contributed by atoms with van der Waals surface area (Å²) in [5.74, 6) is 0. The van der Waals surface area contributed by atoms with Crippen LogP contribution in [0.15, 0.2) is 0 Å². The number of rotatable bonds is 5. The van der Waals surface area contributed by atoms with Crippen LogP contribution in [-0.4, -0.2) is 42.6 Å². The van der Waals surface area contributed by atoms with E-state index >= 15 is 0 Å². The van der Waals surface area contributed by atoms with Crippen molar-refractivity contribution in [3.8, 4) is 0 Å². The van der Waals surface area contributed by atoms with Crippen molar-refractivity contribution < 1.29 is 14.2 Å². The molecule has 0 aromatic rings. The zero-order valence-electron chi connectivity index (χ0n) is 8.99. The second-order valence-electron chi connectivity index (χ2n) is 4.24. The summed E-state index contributed by atoms with van der Waals surface area (Å²) >= 11 is 2.39. The van der Waals surface area contributed by atoms with Gasteiger partial charge in [-0.05, 0) is 12.8 Å². The Morgan fingerprint density at radius 1 is 1.07 bits per heavy atom. The third kappa shape index (κ3) is 3.84. The highest BCUT2D eigenvalue weighted by Crippen LogP contribution is 2.21. The predicted octanol–water partition coefficient (Wildman–Crippen LogP) is 2.16. The molecular weight excluding hydrogens is 307 g/mol. The van der Waals surface area contributed by atoms with Crippen LogP contribution in [0.3, 0.4) is 0 Å². The molecule has 0 radical (unpaired) electrons. The molecule has 0 aromatic heterocycles. The van der Waals surface area contributed by atoms with Crippen molar-refractivity contribution in [1.82, 2.24) is 0 Å². The summed E-state index contributed by atoms with van der Waals surface area (Å²) in [6, 6.07) is 0. The first kappa shape index (κ1) is 12.1. The molecule has 15 heavy (non-hydrogen) atoms. The molecule has 2 unspecified atom stereocenters. The molecule has 0 aromatic carbocycles. The van der Waals surface area contributed by atoms with Gasteiger partial charge in [0.25, 0.3) is 0 Å². The van der Waals surface area contributed by atoms with Crippen LogP contribution in [0.1, 0.15) is 25.7 Å². The van der Waals surface area contributed by atoms with Gasteiger partial charge in [0.1, 0.15) is 0 Å². The van der Waals surface area contributed by atoms with E-state index < -0.39 is 0 Å². The first-order valence-electron chi connectivity index (χ1n) is 5.81. The fraction of sp³-hybridized carbons (Fsp3) is 1.00. The number of hydrogen-bond donors (Lipinski definition) is 0. The lowest BCUT2D eigenvalue weighted by atomic mass is 10.3. The maximum absolute atomic E-state index is 5.73. The highest BCUT2D eigenvalue weighted by molar-refractivity contribution is 14.1. The Labute approximate surface area is 105 Å². The normalized spacial score (nSPS) is 32.6. The number of halogens is 1. The maximum Gasteiger partial charge on any atom is 0.0949 e. The highest BCUT2D eigenvalue weighted by Gasteiger charge is 2.26. The van der Waals surface area contributed by atoms with Gasteiger partial charge in [0.15, 0.2) is 0 Å². The first-order valence-corrected chi connectivity index (χ1v) is 7.06. The van der Waals surface area contributed by atoms with Crippen molar-refractivity contribution in [2.75, 3.05) is 26.4 Å². The Balaban J connectivity index is 1.51. The van der Waals surface area contributed by atoms with Crippen LogP contribution < -0.4 is 0 Å².